The standard InChI is InChI=1S/C2H3O2.C2H4O2.Hg/c1-4-2-3;1-2(3)4;/h1H3;1H3,(H,3,4);/q;;+1/p-1. The van der Waals surface area contributed by atoms with E-state index in [9.17, 15) is 4.79 Å². The zero-order valence-corrected chi connectivity index (χ0v) is 10.8. The molecule has 0 N–H and O–H groups in total. The number of carbonyl (C=O) groups is 2. The summed E-state index contributed by atoms with van der Waals surface area (Å²) in [5, 5.41) is 8.89. The molecule has 0 bridgehead atoms. The summed E-state index contributed by atoms with van der Waals surface area (Å²) in [7, 11) is 1.40. The van der Waals surface area contributed by atoms with E-state index in [0.29, 0.717) is 0 Å². The normalized spacial score (nSPS) is 6.67. The molecule has 5 heteroatoms. The summed E-state index contributed by atoms with van der Waals surface area (Å²) in [4.78, 5) is 18.6. The van der Waals surface area contributed by atoms with Gasteiger partial charge in [0.25, 0.3) is 0 Å². The van der Waals surface area contributed by atoms with Crippen LogP contribution in [0.1, 0.15) is 6.92 Å². The summed E-state index contributed by atoms with van der Waals surface area (Å²) in [6, 6.07) is 0. The monoisotopic (exact) mass is 320 g/mol. The molecule has 0 aromatic carbocycles. The second-order valence-electron chi connectivity index (χ2n) is 1.07. The Morgan fingerprint density at radius 3 is 1.67 bits per heavy atom. The van der Waals surface area contributed by atoms with Crippen LogP contribution in [0.25, 0.3) is 0 Å². The van der Waals surface area contributed by atoms with Crippen molar-refractivity contribution in [2.45, 2.75) is 6.92 Å². The Labute approximate surface area is 69.2 Å². The summed E-state index contributed by atoms with van der Waals surface area (Å²) in [6.07, 6.45) is 0. The molecule has 0 saturated heterocycles. The average Bonchev–Trinajstić information content (AvgIpc) is 1.65. The van der Waals surface area contributed by atoms with E-state index in [0.717, 1.165) is 6.92 Å². The molecule has 0 aliphatic rings. The van der Waals surface area contributed by atoms with E-state index in [1.807, 2.05) is 0 Å². The molecule has 0 aliphatic carbocycles. The van der Waals surface area contributed by atoms with Gasteiger partial charge in [0.05, 0.1) is 0 Å². The van der Waals surface area contributed by atoms with Gasteiger partial charge < -0.3 is 9.90 Å². The van der Waals surface area contributed by atoms with Crippen LogP contribution in [-0.4, -0.2) is 16.6 Å². The quantitative estimate of drug-likeness (QED) is 0.541. The van der Waals surface area contributed by atoms with E-state index < -0.39 is 5.97 Å². The number of hydrogen-bond donors (Lipinski definition) is 0. The molecule has 0 rings (SSSR count). The molecule has 0 atom stereocenters. The average molecular weight is 319 g/mol. The van der Waals surface area contributed by atoms with Gasteiger partial charge in [-0.25, -0.2) is 0 Å². The molecule has 0 aliphatic heterocycles. The Hall–Kier alpha value is -0.125. The zero-order valence-electron chi connectivity index (χ0n) is 5.34. The Morgan fingerprint density at radius 2 is 1.67 bits per heavy atom. The summed E-state index contributed by atoms with van der Waals surface area (Å²) >= 11 is 0.167. The number of aliphatic carboxylic acids is 1. The van der Waals surface area contributed by atoms with Crippen LogP contribution in [0.15, 0.2) is 0 Å². The predicted octanol–water partition coefficient (Wildman–Crippen LogP) is -0.944. The molecule has 9 heavy (non-hydrogen) atoms. The molecule has 0 radical (unpaired) electrons. The van der Waals surface area contributed by atoms with Gasteiger partial charge in [0.1, 0.15) is 0 Å². The first-order valence-electron chi connectivity index (χ1n) is 2.08. The number of rotatable bonds is 0. The van der Waals surface area contributed by atoms with Crippen molar-refractivity contribution in [2.75, 3.05) is 7.11 Å². The number of carboxylic acid groups (broad SMARTS) is 1. The third kappa shape index (κ3) is 77.3. The Kier molecular flexibility index (Phi) is 10.2. The van der Waals surface area contributed by atoms with Crippen molar-refractivity contribution in [3.05, 3.63) is 0 Å². The van der Waals surface area contributed by atoms with Gasteiger partial charge >= 0.3 is 46.2 Å². The van der Waals surface area contributed by atoms with Crippen molar-refractivity contribution in [3.63, 3.8) is 0 Å². The van der Waals surface area contributed by atoms with Crippen molar-refractivity contribution >= 4 is 9.45 Å². The molecule has 0 heterocycles. The van der Waals surface area contributed by atoms with E-state index in [1.54, 1.807) is 0 Å². The Balaban J connectivity index is 0. The molecular formula is C4H6HgO4. The molecule has 4 nitrogen and oxygen atoms in total. The minimum absolute atomic E-state index is 0.0509. The second-order valence-corrected chi connectivity index (χ2v) is 3.31. The number of ether oxygens (including phenoxy) is 1. The van der Waals surface area contributed by atoms with Crippen LogP contribution in [0, 0.1) is 0 Å². The molecule has 48 valence electrons. The van der Waals surface area contributed by atoms with E-state index in [-0.39, 0.29) is 29.6 Å². The predicted molar refractivity (Wildman–Crippen MR) is 23.1 cm³/mol. The van der Waals surface area contributed by atoms with Crippen molar-refractivity contribution in [2.24, 2.45) is 0 Å². The van der Waals surface area contributed by atoms with Crippen LogP contribution in [0.5, 0.6) is 0 Å². The van der Waals surface area contributed by atoms with Gasteiger partial charge in [-0.1, -0.05) is 0 Å². The van der Waals surface area contributed by atoms with Crippen LogP contribution in [0.2, 0.25) is 0 Å². The van der Waals surface area contributed by atoms with Crippen molar-refractivity contribution in [1.29, 1.82) is 0 Å². The van der Waals surface area contributed by atoms with Crippen LogP contribution in [0.3, 0.4) is 0 Å². The first-order valence-corrected chi connectivity index (χ1v) is 4.83. The van der Waals surface area contributed by atoms with E-state index in [2.05, 4.69) is 4.74 Å². The second kappa shape index (κ2) is 7.88. The zero-order chi connectivity index (χ0) is 7.86. The van der Waals surface area contributed by atoms with E-state index in [1.165, 1.54) is 7.11 Å². The molecule has 0 spiro atoms. The van der Waals surface area contributed by atoms with Gasteiger partial charge in [-0.05, 0) is 6.92 Å². The van der Waals surface area contributed by atoms with Crippen molar-refractivity contribution in [3.8, 4) is 0 Å². The van der Waals surface area contributed by atoms with Gasteiger partial charge in [-0.2, -0.15) is 0 Å². The SMILES string of the molecule is CC(=O)[O-].CO[C](=O)[Hg+]. The van der Waals surface area contributed by atoms with Gasteiger partial charge in [0, 0.05) is 5.97 Å². The van der Waals surface area contributed by atoms with Crippen molar-refractivity contribution in [1.82, 2.24) is 0 Å². The fourth-order valence-corrected chi connectivity index (χ4v) is 0. The van der Waals surface area contributed by atoms with Gasteiger partial charge in [0.2, 0.25) is 0 Å². The molecule has 0 aromatic heterocycles. The van der Waals surface area contributed by atoms with Crippen LogP contribution < -0.4 is 5.11 Å². The molecule has 0 saturated carbocycles. The fourth-order valence-electron chi connectivity index (χ4n) is 0. The maximum atomic E-state index is 9.68. The van der Waals surface area contributed by atoms with Gasteiger partial charge in [0.15, 0.2) is 0 Å². The van der Waals surface area contributed by atoms with Crippen LogP contribution in [0.4, 0.5) is 4.79 Å². The van der Waals surface area contributed by atoms with E-state index in [4.69, 9.17) is 9.90 Å². The summed E-state index contributed by atoms with van der Waals surface area (Å²) < 4.78 is 4.15. The third-order valence-electron chi connectivity index (χ3n) is 0.228. The van der Waals surface area contributed by atoms with Crippen molar-refractivity contribution < 1.29 is 45.6 Å². The van der Waals surface area contributed by atoms with Gasteiger partial charge in [-0.3, -0.25) is 0 Å². The molecule has 0 unspecified atom stereocenters. The third-order valence-corrected chi connectivity index (χ3v) is 1.35. The fraction of sp³-hybridized carbons (Fsp3) is 0.500. The summed E-state index contributed by atoms with van der Waals surface area (Å²) in [6.45, 7) is 0.972. The number of hydrogen-bond acceptors (Lipinski definition) is 4. The molecular weight excluding hydrogens is 313 g/mol. The Morgan fingerprint density at radius 1 is 1.56 bits per heavy atom. The topological polar surface area (TPSA) is 66.4 Å². The molecule has 0 amide bonds. The first kappa shape index (κ1) is 11.6. The van der Waals surface area contributed by atoms with Gasteiger partial charge in [-0.15, -0.1) is 0 Å². The number of carbonyl (C=O) groups excluding carboxylic acids is 2. The van der Waals surface area contributed by atoms with Crippen LogP contribution >= 0.6 is 0 Å². The minimum atomic E-state index is -1.08. The summed E-state index contributed by atoms with van der Waals surface area (Å²) in [5.41, 5.74) is 0. The van der Waals surface area contributed by atoms with E-state index >= 15 is 0 Å². The molecule has 0 fully saturated rings. The maximum absolute atomic E-state index is 9.68. The summed E-state index contributed by atoms with van der Waals surface area (Å²) in [5.74, 6) is -1.08. The molecule has 0 aromatic rings. The first-order chi connectivity index (χ1) is 4.00. The number of methoxy groups -OCH3 is 1. The Bertz CT molecular complexity index is 96.7. The number of carboxylic acids is 1. The van der Waals surface area contributed by atoms with Crippen LogP contribution in [-0.2, 0) is 35.7 Å².